The number of aryl methyl sites for hydroxylation is 1. The zero-order chi connectivity index (χ0) is 10.9. The number of methoxy groups -OCH3 is 1. The van der Waals surface area contributed by atoms with Crippen LogP contribution in [-0.2, 0) is 11.3 Å². The molecule has 0 aliphatic rings. The van der Waals surface area contributed by atoms with Gasteiger partial charge in [-0.3, -0.25) is 0 Å². The molecule has 1 heterocycles. The number of thiazole rings is 1. The van der Waals surface area contributed by atoms with Gasteiger partial charge in [0.05, 0.1) is 10.7 Å². The van der Waals surface area contributed by atoms with Gasteiger partial charge >= 0.3 is 0 Å². The molecule has 0 unspecified atom stereocenters. The van der Waals surface area contributed by atoms with Crippen LogP contribution in [0.15, 0.2) is 5.38 Å². The average Bonchev–Trinajstić information content (AvgIpc) is 2.63. The molecule has 0 bridgehead atoms. The molecule has 0 fully saturated rings. The van der Waals surface area contributed by atoms with Gasteiger partial charge in [0, 0.05) is 25.6 Å². The summed E-state index contributed by atoms with van der Waals surface area (Å²) in [5.74, 6) is 0. The Labute approximate surface area is 95.9 Å². The predicted octanol–water partition coefficient (Wildman–Crippen LogP) is 2.36. The third kappa shape index (κ3) is 5.87. The number of hydrogen-bond acceptors (Lipinski definition) is 4. The average molecular weight is 228 g/mol. The lowest BCUT2D eigenvalue weighted by atomic mass is 10.2. The fourth-order valence-electron chi connectivity index (χ4n) is 1.38. The molecule has 1 aromatic rings. The van der Waals surface area contributed by atoms with Crippen molar-refractivity contribution in [1.29, 1.82) is 0 Å². The van der Waals surface area contributed by atoms with E-state index in [0.29, 0.717) is 0 Å². The molecule has 1 rings (SSSR count). The molecule has 86 valence electrons. The van der Waals surface area contributed by atoms with Gasteiger partial charge in [0.15, 0.2) is 0 Å². The lowest BCUT2D eigenvalue weighted by Gasteiger charge is -2.02. The Balaban J connectivity index is 1.93. The second kappa shape index (κ2) is 7.79. The van der Waals surface area contributed by atoms with Crippen LogP contribution in [0.4, 0.5) is 0 Å². The van der Waals surface area contributed by atoms with Crippen LogP contribution in [0.3, 0.4) is 0 Å². The minimum atomic E-state index is 0.880. The molecule has 0 atom stereocenters. The highest BCUT2D eigenvalue weighted by Gasteiger charge is 1.96. The standard InChI is InChI=1S/C11H20N2OS/c1-10-13-11(9-15-10)8-12-6-4-3-5-7-14-2/h9,12H,3-8H2,1-2H3. The zero-order valence-corrected chi connectivity index (χ0v) is 10.4. The molecular weight excluding hydrogens is 208 g/mol. The van der Waals surface area contributed by atoms with Gasteiger partial charge in [-0.05, 0) is 32.7 Å². The molecule has 0 amide bonds. The van der Waals surface area contributed by atoms with E-state index in [4.69, 9.17) is 4.74 Å². The van der Waals surface area contributed by atoms with E-state index >= 15 is 0 Å². The quantitative estimate of drug-likeness (QED) is 0.694. The number of nitrogens with zero attached hydrogens (tertiary/aromatic N) is 1. The summed E-state index contributed by atoms with van der Waals surface area (Å²) in [5.41, 5.74) is 1.16. The van der Waals surface area contributed by atoms with Crippen molar-refractivity contribution < 1.29 is 4.74 Å². The van der Waals surface area contributed by atoms with Gasteiger partial charge in [0.1, 0.15) is 0 Å². The summed E-state index contributed by atoms with van der Waals surface area (Å²) in [6.07, 6.45) is 3.61. The molecule has 4 heteroatoms. The summed E-state index contributed by atoms with van der Waals surface area (Å²) >= 11 is 1.71. The Hall–Kier alpha value is -0.450. The third-order valence-electron chi connectivity index (χ3n) is 2.17. The van der Waals surface area contributed by atoms with Gasteiger partial charge in [-0.15, -0.1) is 11.3 Å². The first kappa shape index (κ1) is 12.6. The Bertz CT molecular complexity index is 263. The number of aromatic nitrogens is 1. The number of hydrogen-bond donors (Lipinski definition) is 1. The summed E-state index contributed by atoms with van der Waals surface area (Å²) in [5, 5.41) is 6.66. The highest BCUT2D eigenvalue weighted by atomic mass is 32.1. The van der Waals surface area contributed by atoms with E-state index in [1.807, 2.05) is 6.92 Å². The van der Waals surface area contributed by atoms with Crippen LogP contribution in [0.25, 0.3) is 0 Å². The molecule has 15 heavy (non-hydrogen) atoms. The molecule has 0 radical (unpaired) electrons. The van der Waals surface area contributed by atoms with Crippen LogP contribution < -0.4 is 5.32 Å². The van der Waals surface area contributed by atoms with Crippen molar-refractivity contribution in [3.63, 3.8) is 0 Å². The molecule has 1 aromatic heterocycles. The van der Waals surface area contributed by atoms with Gasteiger partial charge in [-0.25, -0.2) is 4.98 Å². The molecular formula is C11H20N2OS. The molecule has 0 saturated heterocycles. The van der Waals surface area contributed by atoms with Crippen LogP contribution in [-0.4, -0.2) is 25.2 Å². The number of nitrogens with one attached hydrogen (secondary N) is 1. The van der Waals surface area contributed by atoms with Crippen molar-refractivity contribution >= 4 is 11.3 Å². The summed E-state index contributed by atoms with van der Waals surface area (Å²) in [6, 6.07) is 0. The van der Waals surface area contributed by atoms with Crippen molar-refractivity contribution in [2.24, 2.45) is 0 Å². The summed E-state index contributed by atoms with van der Waals surface area (Å²) in [7, 11) is 1.75. The van der Waals surface area contributed by atoms with Crippen molar-refractivity contribution in [2.75, 3.05) is 20.3 Å². The van der Waals surface area contributed by atoms with Gasteiger partial charge in [0.25, 0.3) is 0 Å². The SMILES string of the molecule is COCCCCCNCc1csc(C)n1. The highest BCUT2D eigenvalue weighted by molar-refractivity contribution is 7.09. The largest absolute Gasteiger partial charge is 0.385 e. The van der Waals surface area contributed by atoms with E-state index in [9.17, 15) is 0 Å². The van der Waals surface area contributed by atoms with E-state index in [2.05, 4.69) is 15.7 Å². The molecule has 0 aliphatic heterocycles. The zero-order valence-electron chi connectivity index (χ0n) is 9.58. The topological polar surface area (TPSA) is 34.1 Å². The Morgan fingerprint density at radius 3 is 2.93 bits per heavy atom. The van der Waals surface area contributed by atoms with Crippen LogP contribution in [0.2, 0.25) is 0 Å². The van der Waals surface area contributed by atoms with Gasteiger partial charge < -0.3 is 10.1 Å². The van der Waals surface area contributed by atoms with Crippen molar-refractivity contribution in [1.82, 2.24) is 10.3 Å². The molecule has 0 spiro atoms. The Kier molecular flexibility index (Phi) is 6.55. The maximum atomic E-state index is 4.99. The van der Waals surface area contributed by atoms with Gasteiger partial charge in [0.2, 0.25) is 0 Å². The summed E-state index contributed by atoms with van der Waals surface area (Å²) < 4.78 is 4.99. The maximum absolute atomic E-state index is 4.99. The predicted molar refractivity (Wildman–Crippen MR) is 64.3 cm³/mol. The fraction of sp³-hybridized carbons (Fsp3) is 0.727. The smallest absolute Gasteiger partial charge is 0.0897 e. The van der Waals surface area contributed by atoms with E-state index in [0.717, 1.165) is 36.8 Å². The summed E-state index contributed by atoms with van der Waals surface area (Å²) in [4.78, 5) is 4.39. The lowest BCUT2D eigenvalue weighted by Crippen LogP contribution is -2.15. The number of rotatable bonds is 8. The van der Waals surface area contributed by atoms with Crippen LogP contribution in [0.5, 0.6) is 0 Å². The van der Waals surface area contributed by atoms with E-state index < -0.39 is 0 Å². The monoisotopic (exact) mass is 228 g/mol. The molecule has 0 aliphatic carbocycles. The minimum Gasteiger partial charge on any atom is -0.385 e. The van der Waals surface area contributed by atoms with Crippen LogP contribution >= 0.6 is 11.3 Å². The van der Waals surface area contributed by atoms with Crippen molar-refractivity contribution in [3.05, 3.63) is 16.1 Å². The molecule has 1 N–H and O–H groups in total. The molecule has 0 aromatic carbocycles. The van der Waals surface area contributed by atoms with Gasteiger partial charge in [-0.1, -0.05) is 0 Å². The normalized spacial score (nSPS) is 10.8. The van der Waals surface area contributed by atoms with E-state index in [-0.39, 0.29) is 0 Å². The van der Waals surface area contributed by atoms with Gasteiger partial charge in [-0.2, -0.15) is 0 Å². The Morgan fingerprint density at radius 2 is 2.27 bits per heavy atom. The molecule has 0 saturated carbocycles. The van der Waals surface area contributed by atoms with E-state index in [1.54, 1.807) is 18.4 Å². The van der Waals surface area contributed by atoms with Crippen LogP contribution in [0, 0.1) is 6.92 Å². The molecule has 3 nitrogen and oxygen atoms in total. The first-order valence-corrected chi connectivity index (χ1v) is 6.31. The summed E-state index contributed by atoms with van der Waals surface area (Å²) in [6.45, 7) is 4.89. The van der Waals surface area contributed by atoms with Crippen molar-refractivity contribution in [2.45, 2.75) is 32.7 Å². The minimum absolute atomic E-state index is 0.880. The second-order valence-corrected chi connectivity index (χ2v) is 4.65. The van der Waals surface area contributed by atoms with E-state index in [1.165, 1.54) is 12.8 Å². The fourth-order valence-corrected chi connectivity index (χ4v) is 1.99. The van der Waals surface area contributed by atoms with Crippen LogP contribution in [0.1, 0.15) is 30.0 Å². The first-order chi connectivity index (χ1) is 7.33. The second-order valence-electron chi connectivity index (χ2n) is 3.59. The highest BCUT2D eigenvalue weighted by Crippen LogP contribution is 2.07. The third-order valence-corrected chi connectivity index (χ3v) is 3.00. The maximum Gasteiger partial charge on any atom is 0.0897 e. The Morgan fingerprint density at radius 1 is 1.40 bits per heavy atom. The lowest BCUT2D eigenvalue weighted by molar-refractivity contribution is 0.192. The van der Waals surface area contributed by atoms with Crippen molar-refractivity contribution in [3.8, 4) is 0 Å². The number of unbranched alkanes of at least 4 members (excludes halogenated alkanes) is 2. The number of ether oxygens (including phenoxy) is 1. The first-order valence-electron chi connectivity index (χ1n) is 5.43.